The Balaban J connectivity index is 2.89. The van der Waals surface area contributed by atoms with Gasteiger partial charge >= 0.3 is 0 Å². The van der Waals surface area contributed by atoms with Crippen LogP contribution in [0.4, 0.5) is 0 Å². The summed E-state index contributed by atoms with van der Waals surface area (Å²) >= 11 is 1.61. The highest BCUT2D eigenvalue weighted by atomic mass is 32.1. The maximum Gasteiger partial charge on any atom is 0.142 e. The van der Waals surface area contributed by atoms with Gasteiger partial charge in [-0.05, 0) is 44.2 Å². The standard InChI is InChI=1S/C14H15NOS/c1-4-6-11(2)15-12(3)14-9-8-13(17-14)7-5-10-16/h4-10H,1H2,2-3H3/b7-5+,11-6+,15-12?. The summed E-state index contributed by atoms with van der Waals surface area (Å²) in [6.07, 6.45) is 7.65. The molecule has 0 fully saturated rings. The maximum absolute atomic E-state index is 10.2. The van der Waals surface area contributed by atoms with Crippen molar-refractivity contribution in [3.63, 3.8) is 0 Å². The molecule has 0 radical (unpaired) electrons. The zero-order valence-electron chi connectivity index (χ0n) is 10.0. The second-order valence-corrected chi connectivity index (χ2v) is 4.55. The zero-order chi connectivity index (χ0) is 12.7. The Kier molecular flexibility index (Phi) is 5.30. The van der Waals surface area contributed by atoms with E-state index in [1.165, 1.54) is 6.08 Å². The maximum atomic E-state index is 10.2. The fraction of sp³-hybridized carbons (Fsp3) is 0.143. The van der Waals surface area contributed by atoms with Crippen LogP contribution in [0.1, 0.15) is 23.6 Å². The van der Waals surface area contributed by atoms with E-state index < -0.39 is 0 Å². The van der Waals surface area contributed by atoms with Crippen molar-refractivity contribution >= 4 is 29.4 Å². The summed E-state index contributed by atoms with van der Waals surface area (Å²) in [4.78, 5) is 16.8. The first-order valence-electron chi connectivity index (χ1n) is 5.24. The predicted octanol–water partition coefficient (Wildman–Crippen LogP) is 3.86. The van der Waals surface area contributed by atoms with Crippen molar-refractivity contribution in [3.05, 3.63) is 52.4 Å². The molecule has 0 aliphatic carbocycles. The Morgan fingerprint density at radius 1 is 1.41 bits per heavy atom. The minimum Gasteiger partial charge on any atom is -0.299 e. The number of hydrogen-bond donors (Lipinski definition) is 0. The first-order chi connectivity index (χ1) is 8.17. The molecule has 1 aromatic rings. The number of hydrogen-bond acceptors (Lipinski definition) is 3. The number of carbonyl (C=O) groups excluding carboxylic acids is 1. The molecule has 0 bridgehead atoms. The fourth-order valence-corrected chi connectivity index (χ4v) is 2.16. The number of allylic oxidation sites excluding steroid dienone is 4. The Morgan fingerprint density at radius 3 is 2.82 bits per heavy atom. The molecule has 17 heavy (non-hydrogen) atoms. The highest BCUT2D eigenvalue weighted by Gasteiger charge is 2.01. The second kappa shape index (κ2) is 6.76. The van der Waals surface area contributed by atoms with Gasteiger partial charge in [-0.2, -0.15) is 0 Å². The van der Waals surface area contributed by atoms with Crippen molar-refractivity contribution < 1.29 is 4.79 Å². The average Bonchev–Trinajstić information content (AvgIpc) is 2.75. The number of rotatable bonds is 5. The monoisotopic (exact) mass is 245 g/mol. The molecule has 0 atom stereocenters. The van der Waals surface area contributed by atoms with E-state index >= 15 is 0 Å². The molecule has 0 aromatic carbocycles. The van der Waals surface area contributed by atoms with E-state index in [0.717, 1.165) is 27.4 Å². The van der Waals surface area contributed by atoms with E-state index in [4.69, 9.17) is 0 Å². The third-order valence-electron chi connectivity index (χ3n) is 2.03. The zero-order valence-corrected chi connectivity index (χ0v) is 10.8. The molecule has 0 N–H and O–H groups in total. The fourth-order valence-electron chi connectivity index (χ4n) is 1.30. The van der Waals surface area contributed by atoms with Crippen molar-refractivity contribution in [1.29, 1.82) is 0 Å². The van der Waals surface area contributed by atoms with Crippen LogP contribution in [0.2, 0.25) is 0 Å². The van der Waals surface area contributed by atoms with Crippen LogP contribution in [0.15, 0.2) is 47.6 Å². The molecule has 2 nitrogen and oxygen atoms in total. The van der Waals surface area contributed by atoms with Gasteiger partial charge in [0.1, 0.15) is 6.29 Å². The van der Waals surface area contributed by atoms with Crippen LogP contribution in [-0.2, 0) is 4.79 Å². The molecule has 0 aliphatic heterocycles. The lowest BCUT2D eigenvalue weighted by atomic mass is 10.3. The summed E-state index contributed by atoms with van der Waals surface area (Å²) in [5.74, 6) is 0. The third-order valence-corrected chi connectivity index (χ3v) is 3.18. The molecular formula is C14H15NOS. The molecule has 3 heteroatoms. The van der Waals surface area contributed by atoms with Gasteiger partial charge in [0, 0.05) is 15.5 Å². The van der Waals surface area contributed by atoms with E-state index in [-0.39, 0.29) is 0 Å². The predicted molar refractivity (Wildman–Crippen MR) is 75.6 cm³/mol. The first-order valence-corrected chi connectivity index (χ1v) is 6.05. The lowest BCUT2D eigenvalue weighted by molar-refractivity contribution is -0.104. The van der Waals surface area contributed by atoms with Crippen LogP contribution in [0.25, 0.3) is 6.08 Å². The molecule has 0 aliphatic rings. The van der Waals surface area contributed by atoms with Gasteiger partial charge in [0.2, 0.25) is 0 Å². The summed E-state index contributed by atoms with van der Waals surface area (Å²) in [6.45, 7) is 7.54. The number of aliphatic imine (C=N–C) groups is 1. The summed E-state index contributed by atoms with van der Waals surface area (Å²) in [5.41, 5.74) is 1.90. The number of nitrogens with zero attached hydrogens (tertiary/aromatic N) is 1. The lowest BCUT2D eigenvalue weighted by Gasteiger charge is -1.96. The quantitative estimate of drug-likeness (QED) is 0.335. The minimum atomic E-state index is 0.775. The number of carbonyl (C=O) groups is 1. The van der Waals surface area contributed by atoms with Crippen LogP contribution in [-0.4, -0.2) is 12.0 Å². The van der Waals surface area contributed by atoms with Crippen molar-refractivity contribution in [2.45, 2.75) is 13.8 Å². The summed E-state index contributed by atoms with van der Waals surface area (Å²) < 4.78 is 0. The van der Waals surface area contributed by atoms with Crippen LogP contribution in [0.5, 0.6) is 0 Å². The van der Waals surface area contributed by atoms with Crippen LogP contribution in [0.3, 0.4) is 0 Å². The van der Waals surface area contributed by atoms with E-state index in [9.17, 15) is 4.79 Å². The van der Waals surface area contributed by atoms with Gasteiger partial charge in [-0.3, -0.25) is 9.79 Å². The molecule has 1 aromatic heterocycles. The smallest absolute Gasteiger partial charge is 0.142 e. The summed E-state index contributed by atoms with van der Waals surface area (Å²) in [5, 5.41) is 0. The van der Waals surface area contributed by atoms with Gasteiger partial charge < -0.3 is 0 Å². The Bertz CT molecular complexity index is 492. The highest BCUT2D eigenvalue weighted by Crippen LogP contribution is 2.19. The SMILES string of the molecule is C=C/C=C(\C)N=C(C)c1ccc(/C=C/C=O)s1. The third kappa shape index (κ3) is 4.33. The summed E-state index contributed by atoms with van der Waals surface area (Å²) in [7, 11) is 0. The second-order valence-electron chi connectivity index (χ2n) is 3.44. The van der Waals surface area contributed by atoms with Crippen LogP contribution in [0, 0.1) is 0 Å². The first kappa shape index (κ1) is 13.3. The normalized spacial score (nSPS) is 13.1. The molecule has 0 unspecified atom stereocenters. The van der Waals surface area contributed by atoms with Crippen molar-refractivity contribution in [3.8, 4) is 0 Å². The van der Waals surface area contributed by atoms with E-state index in [0.29, 0.717) is 0 Å². The topological polar surface area (TPSA) is 29.4 Å². The molecule has 1 rings (SSSR count). The molecule has 88 valence electrons. The molecular weight excluding hydrogens is 230 g/mol. The number of aldehydes is 1. The van der Waals surface area contributed by atoms with Crippen molar-refractivity contribution in [2.75, 3.05) is 0 Å². The van der Waals surface area contributed by atoms with E-state index in [1.807, 2.05) is 32.1 Å². The Morgan fingerprint density at radius 2 is 2.18 bits per heavy atom. The highest BCUT2D eigenvalue weighted by molar-refractivity contribution is 7.15. The Labute approximate surface area is 106 Å². The van der Waals surface area contributed by atoms with Gasteiger partial charge in [-0.1, -0.05) is 12.7 Å². The molecule has 1 heterocycles. The van der Waals surface area contributed by atoms with Gasteiger partial charge in [0.05, 0.1) is 5.71 Å². The van der Waals surface area contributed by atoms with E-state index in [1.54, 1.807) is 23.5 Å². The van der Waals surface area contributed by atoms with Crippen LogP contribution < -0.4 is 0 Å². The Hall–Kier alpha value is -1.74. The molecule has 0 saturated carbocycles. The van der Waals surface area contributed by atoms with Gasteiger partial charge in [-0.25, -0.2) is 0 Å². The van der Waals surface area contributed by atoms with Crippen molar-refractivity contribution in [1.82, 2.24) is 0 Å². The summed E-state index contributed by atoms with van der Waals surface area (Å²) in [6, 6.07) is 3.99. The lowest BCUT2D eigenvalue weighted by Crippen LogP contribution is -1.89. The minimum absolute atomic E-state index is 0.775. The average molecular weight is 245 g/mol. The van der Waals surface area contributed by atoms with Crippen LogP contribution >= 0.6 is 11.3 Å². The molecule has 0 amide bonds. The van der Waals surface area contributed by atoms with Gasteiger partial charge in [0.25, 0.3) is 0 Å². The van der Waals surface area contributed by atoms with Gasteiger partial charge in [-0.15, -0.1) is 11.3 Å². The largest absolute Gasteiger partial charge is 0.299 e. The number of thiophene rings is 1. The molecule has 0 spiro atoms. The van der Waals surface area contributed by atoms with Crippen molar-refractivity contribution in [2.24, 2.45) is 4.99 Å². The molecule has 0 saturated heterocycles. The van der Waals surface area contributed by atoms with E-state index in [2.05, 4.69) is 11.6 Å². The van der Waals surface area contributed by atoms with Gasteiger partial charge in [0.15, 0.2) is 0 Å².